The fraction of sp³-hybridized carbons (Fsp3) is 0.400. The zero-order valence-corrected chi connectivity index (χ0v) is 14.5. The van der Waals surface area contributed by atoms with Gasteiger partial charge in [-0.1, -0.05) is 60.7 Å². The van der Waals surface area contributed by atoms with Crippen molar-refractivity contribution in [1.29, 1.82) is 0 Å². The van der Waals surface area contributed by atoms with E-state index in [0.29, 0.717) is 0 Å². The molecular weight excluding hydrogens is 283 g/mol. The second-order valence-electron chi connectivity index (χ2n) is 7.33. The van der Waals surface area contributed by atoms with E-state index < -0.39 is 0 Å². The maximum absolute atomic E-state index is 6.33. The number of hydrogen-bond donors (Lipinski definition) is 0. The van der Waals surface area contributed by atoms with E-state index in [1.165, 1.54) is 11.1 Å². The fourth-order valence-corrected chi connectivity index (χ4v) is 2.99. The molecule has 1 fully saturated rings. The molecular formula is C20H25BO2. The van der Waals surface area contributed by atoms with Crippen molar-refractivity contribution in [2.45, 2.75) is 51.1 Å². The Balaban J connectivity index is 1.91. The molecule has 1 heterocycles. The van der Waals surface area contributed by atoms with Crippen LogP contribution in [0.1, 0.15) is 44.6 Å². The van der Waals surface area contributed by atoms with Crippen molar-refractivity contribution < 1.29 is 9.31 Å². The predicted molar refractivity (Wildman–Crippen MR) is 95.4 cm³/mol. The van der Waals surface area contributed by atoms with Crippen LogP contribution in [0.4, 0.5) is 0 Å². The predicted octanol–water partition coefficient (Wildman–Crippen LogP) is 4.64. The van der Waals surface area contributed by atoms with E-state index in [9.17, 15) is 0 Å². The quantitative estimate of drug-likeness (QED) is 0.766. The van der Waals surface area contributed by atoms with Crippen molar-refractivity contribution in [1.82, 2.24) is 0 Å². The first-order valence-corrected chi connectivity index (χ1v) is 8.33. The van der Waals surface area contributed by atoms with Crippen molar-refractivity contribution in [3.8, 4) is 0 Å². The van der Waals surface area contributed by atoms with Crippen molar-refractivity contribution >= 4 is 7.12 Å². The SMILES string of the molecule is CC1(C)OB([C@@H](Cc2ccccc2)c2ccccc2)OC1(C)C. The number of rotatable bonds is 4. The molecule has 120 valence electrons. The van der Waals surface area contributed by atoms with Gasteiger partial charge in [0.25, 0.3) is 0 Å². The monoisotopic (exact) mass is 308 g/mol. The maximum atomic E-state index is 6.33. The van der Waals surface area contributed by atoms with Gasteiger partial charge in [0.1, 0.15) is 0 Å². The first-order valence-electron chi connectivity index (χ1n) is 8.33. The molecule has 2 nitrogen and oxygen atoms in total. The Morgan fingerprint density at radius 2 is 1.26 bits per heavy atom. The summed E-state index contributed by atoms with van der Waals surface area (Å²) in [5, 5.41) is 0. The molecule has 0 saturated carbocycles. The van der Waals surface area contributed by atoms with Gasteiger partial charge in [-0.2, -0.15) is 0 Å². The molecule has 0 bridgehead atoms. The van der Waals surface area contributed by atoms with Crippen LogP contribution in [0.3, 0.4) is 0 Å². The second-order valence-corrected chi connectivity index (χ2v) is 7.33. The van der Waals surface area contributed by atoms with Crippen LogP contribution in [-0.4, -0.2) is 18.3 Å². The first kappa shape index (κ1) is 16.3. The van der Waals surface area contributed by atoms with E-state index in [-0.39, 0.29) is 24.1 Å². The van der Waals surface area contributed by atoms with Crippen molar-refractivity contribution in [3.63, 3.8) is 0 Å². The summed E-state index contributed by atoms with van der Waals surface area (Å²) in [7, 11) is -0.234. The Bertz CT molecular complexity index is 621. The van der Waals surface area contributed by atoms with Crippen molar-refractivity contribution in [3.05, 3.63) is 71.8 Å². The van der Waals surface area contributed by atoms with Crippen LogP contribution in [-0.2, 0) is 15.7 Å². The van der Waals surface area contributed by atoms with Gasteiger partial charge in [-0.3, -0.25) is 0 Å². The molecule has 0 amide bonds. The minimum atomic E-state index is -0.304. The number of benzene rings is 2. The van der Waals surface area contributed by atoms with Crippen molar-refractivity contribution in [2.75, 3.05) is 0 Å². The van der Waals surface area contributed by atoms with Gasteiger partial charge in [0.15, 0.2) is 0 Å². The van der Waals surface area contributed by atoms with Crippen LogP contribution in [0, 0.1) is 0 Å². The molecule has 0 N–H and O–H groups in total. The third-order valence-corrected chi connectivity index (χ3v) is 5.13. The summed E-state index contributed by atoms with van der Waals surface area (Å²) in [5.74, 6) is 0.180. The van der Waals surface area contributed by atoms with E-state index in [2.05, 4.69) is 82.3 Å². The van der Waals surface area contributed by atoms with Gasteiger partial charge in [0.05, 0.1) is 11.2 Å². The van der Waals surface area contributed by atoms with Gasteiger partial charge in [0, 0.05) is 5.82 Å². The van der Waals surface area contributed by atoms with Gasteiger partial charge in [-0.15, -0.1) is 0 Å². The highest BCUT2D eigenvalue weighted by molar-refractivity contribution is 6.47. The van der Waals surface area contributed by atoms with Crippen LogP contribution >= 0.6 is 0 Å². The first-order chi connectivity index (χ1) is 10.9. The van der Waals surface area contributed by atoms with E-state index in [1.807, 2.05) is 6.07 Å². The average Bonchev–Trinajstić information content (AvgIpc) is 2.75. The summed E-state index contributed by atoms with van der Waals surface area (Å²) in [6, 6.07) is 21.1. The molecule has 1 aliphatic rings. The molecule has 2 aromatic rings. The van der Waals surface area contributed by atoms with E-state index in [0.717, 1.165) is 6.42 Å². The lowest BCUT2D eigenvalue weighted by atomic mass is 9.65. The van der Waals surface area contributed by atoms with Crippen LogP contribution in [0.25, 0.3) is 0 Å². The minimum Gasteiger partial charge on any atom is -0.403 e. The molecule has 0 radical (unpaired) electrons. The molecule has 0 aromatic heterocycles. The molecule has 0 aliphatic carbocycles. The lowest BCUT2D eigenvalue weighted by Crippen LogP contribution is -2.41. The van der Waals surface area contributed by atoms with E-state index in [4.69, 9.17) is 9.31 Å². The van der Waals surface area contributed by atoms with Gasteiger partial charge in [0.2, 0.25) is 0 Å². The summed E-state index contributed by atoms with van der Waals surface area (Å²) in [6.45, 7) is 8.43. The lowest BCUT2D eigenvalue weighted by molar-refractivity contribution is 0.00578. The summed E-state index contributed by atoms with van der Waals surface area (Å²) in [6.07, 6.45) is 0.904. The Morgan fingerprint density at radius 3 is 1.78 bits per heavy atom. The second kappa shape index (κ2) is 6.14. The Kier molecular flexibility index (Phi) is 4.35. The third-order valence-electron chi connectivity index (χ3n) is 5.13. The largest absolute Gasteiger partial charge is 0.466 e. The Hall–Kier alpha value is -1.58. The van der Waals surface area contributed by atoms with Gasteiger partial charge >= 0.3 is 7.12 Å². The Labute approximate surface area is 140 Å². The van der Waals surface area contributed by atoms with Gasteiger partial charge in [-0.05, 0) is 45.2 Å². The van der Waals surface area contributed by atoms with Gasteiger partial charge in [-0.25, -0.2) is 0 Å². The van der Waals surface area contributed by atoms with Crippen LogP contribution < -0.4 is 0 Å². The lowest BCUT2D eigenvalue weighted by Gasteiger charge is -2.32. The molecule has 3 heteroatoms. The molecule has 0 spiro atoms. The van der Waals surface area contributed by atoms with Crippen LogP contribution in [0.2, 0.25) is 0 Å². The summed E-state index contributed by atoms with van der Waals surface area (Å²) < 4.78 is 12.7. The zero-order valence-electron chi connectivity index (χ0n) is 14.5. The fourth-order valence-electron chi connectivity index (χ4n) is 2.99. The molecule has 23 heavy (non-hydrogen) atoms. The highest BCUT2D eigenvalue weighted by atomic mass is 16.7. The Morgan fingerprint density at radius 1 is 0.783 bits per heavy atom. The third kappa shape index (κ3) is 3.36. The van der Waals surface area contributed by atoms with Crippen LogP contribution in [0.15, 0.2) is 60.7 Å². The molecule has 1 aliphatic heterocycles. The summed E-state index contributed by atoms with van der Waals surface area (Å²) in [4.78, 5) is 0. The molecule has 1 atom stereocenters. The maximum Gasteiger partial charge on any atom is 0.466 e. The summed E-state index contributed by atoms with van der Waals surface area (Å²) >= 11 is 0. The minimum absolute atomic E-state index is 0.180. The highest BCUT2D eigenvalue weighted by Crippen LogP contribution is 2.41. The normalized spacial score (nSPS) is 20.4. The smallest absolute Gasteiger partial charge is 0.403 e. The topological polar surface area (TPSA) is 18.5 Å². The van der Waals surface area contributed by atoms with Crippen LogP contribution in [0.5, 0.6) is 0 Å². The average molecular weight is 308 g/mol. The van der Waals surface area contributed by atoms with E-state index in [1.54, 1.807) is 0 Å². The standard InChI is InChI=1S/C20H25BO2/c1-19(2)20(3,4)23-21(22-19)18(17-13-9-6-10-14-17)15-16-11-7-5-8-12-16/h5-14,18H,15H2,1-4H3/t18-/m0/s1. The van der Waals surface area contributed by atoms with Gasteiger partial charge < -0.3 is 9.31 Å². The summed E-state index contributed by atoms with van der Waals surface area (Å²) in [5.41, 5.74) is 1.95. The molecule has 0 unspecified atom stereocenters. The van der Waals surface area contributed by atoms with Crippen molar-refractivity contribution in [2.24, 2.45) is 0 Å². The molecule has 3 rings (SSSR count). The number of hydrogen-bond acceptors (Lipinski definition) is 2. The molecule has 1 saturated heterocycles. The van der Waals surface area contributed by atoms with E-state index >= 15 is 0 Å². The zero-order chi connectivity index (χ0) is 16.5. The highest BCUT2D eigenvalue weighted by Gasteiger charge is 2.53. The molecule has 2 aromatic carbocycles.